The maximum atomic E-state index is 6.50. The Bertz CT molecular complexity index is 522. The quantitative estimate of drug-likeness (QED) is 0.560. The highest BCUT2D eigenvalue weighted by Crippen LogP contribution is 2.56. The van der Waals surface area contributed by atoms with Gasteiger partial charge < -0.3 is 23.4 Å². The van der Waals surface area contributed by atoms with E-state index in [0.717, 1.165) is 25.0 Å². The van der Waals surface area contributed by atoms with E-state index < -0.39 is 14.1 Å². The summed E-state index contributed by atoms with van der Waals surface area (Å²) >= 11 is 0. The first-order chi connectivity index (χ1) is 11.4. The van der Waals surface area contributed by atoms with E-state index in [1.54, 1.807) is 7.11 Å². The molecule has 2 aliphatic heterocycles. The first kappa shape index (κ1) is 17.0. The van der Waals surface area contributed by atoms with Gasteiger partial charge in [0.25, 0.3) is 0 Å². The lowest BCUT2D eigenvalue weighted by Crippen LogP contribution is -2.42. The van der Waals surface area contributed by atoms with Gasteiger partial charge in [0, 0.05) is 33.0 Å². The minimum atomic E-state index is -1.73. The van der Waals surface area contributed by atoms with Crippen molar-refractivity contribution in [3.05, 3.63) is 11.8 Å². The highest BCUT2D eigenvalue weighted by molar-refractivity contribution is 6.70. The molecule has 3 fully saturated rings. The van der Waals surface area contributed by atoms with Gasteiger partial charge in [-0.05, 0) is 38.6 Å². The van der Waals surface area contributed by atoms with Gasteiger partial charge in [-0.3, -0.25) is 0 Å². The predicted molar refractivity (Wildman–Crippen MR) is 92.2 cm³/mol. The fraction of sp³-hybridized carbons (Fsp3) is 0.889. The highest BCUT2D eigenvalue weighted by atomic mass is 28.4. The Balaban J connectivity index is 1.60. The Morgan fingerprint density at radius 1 is 1.12 bits per heavy atom. The molecular weight excluding hydrogens is 324 g/mol. The Morgan fingerprint density at radius 2 is 1.88 bits per heavy atom. The zero-order valence-corrected chi connectivity index (χ0v) is 16.3. The van der Waals surface area contributed by atoms with E-state index in [9.17, 15) is 0 Å². The normalized spacial score (nSPS) is 40.0. The molecule has 4 aliphatic rings. The van der Waals surface area contributed by atoms with Crippen molar-refractivity contribution in [2.45, 2.75) is 87.9 Å². The summed E-state index contributed by atoms with van der Waals surface area (Å²) in [5.41, 5.74) is -0.282. The smallest absolute Gasteiger partial charge is 0.241 e. The van der Waals surface area contributed by atoms with Crippen LogP contribution in [0, 0.1) is 0 Å². The predicted octanol–water partition coefficient (Wildman–Crippen LogP) is 3.35. The number of methoxy groups -OCH3 is 1. The Morgan fingerprint density at radius 3 is 2.54 bits per heavy atom. The summed E-state index contributed by atoms with van der Waals surface area (Å²) in [6, 6.07) is 0. The van der Waals surface area contributed by atoms with Crippen LogP contribution in [-0.2, 0) is 23.4 Å². The van der Waals surface area contributed by atoms with Crippen LogP contribution < -0.4 is 0 Å². The van der Waals surface area contributed by atoms with Gasteiger partial charge in [-0.15, -0.1) is 0 Å². The standard InChI is InChI=1S/C18H30O5Si/c1-19-11-10-17-12-13(23-24(2,3)4)14-15(16(17)22-17)21-18(20-14)8-6-5-7-9-18/h12,14-16H,5-11H2,1-4H3/t14-,15-,16+,17-/m1/s1. The van der Waals surface area contributed by atoms with Crippen molar-refractivity contribution in [3.8, 4) is 0 Å². The summed E-state index contributed by atoms with van der Waals surface area (Å²) in [5, 5.41) is 0. The first-order valence-electron chi connectivity index (χ1n) is 9.31. The maximum absolute atomic E-state index is 6.50. The molecule has 2 aliphatic carbocycles. The second kappa shape index (κ2) is 5.81. The number of hydrogen-bond acceptors (Lipinski definition) is 5. The van der Waals surface area contributed by atoms with Crippen molar-refractivity contribution in [1.82, 2.24) is 0 Å². The van der Waals surface area contributed by atoms with Crippen LogP contribution in [0.15, 0.2) is 11.8 Å². The molecule has 4 rings (SSSR count). The van der Waals surface area contributed by atoms with E-state index in [-0.39, 0.29) is 23.9 Å². The van der Waals surface area contributed by atoms with Crippen LogP contribution in [-0.4, -0.2) is 51.7 Å². The molecule has 2 saturated heterocycles. The van der Waals surface area contributed by atoms with Crippen molar-refractivity contribution < 1.29 is 23.4 Å². The third-order valence-corrected chi connectivity index (χ3v) is 6.31. The molecule has 2 heterocycles. The SMILES string of the molecule is COCC[C@@]12C=C(O[Si](C)(C)C)[C@H]3OC4(CCCCC4)O[C@H]3[C@@H]1O2. The van der Waals surface area contributed by atoms with Crippen molar-refractivity contribution in [1.29, 1.82) is 0 Å². The van der Waals surface area contributed by atoms with Crippen LogP contribution >= 0.6 is 0 Å². The van der Waals surface area contributed by atoms with Crippen molar-refractivity contribution >= 4 is 8.32 Å². The van der Waals surface area contributed by atoms with Gasteiger partial charge in [0.15, 0.2) is 5.79 Å². The molecule has 0 amide bonds. The van der Waals surface area contributed by atoms with Crippen LogP contribution in [0.25, 0.3) is 0 Å². The highest BCUT2D eigenvalue weighted by Gasteiger charge is 2.69. The fourth-order valence-electron chi connectivity index (χ4n) is 4.37. The molecule has 0 bridgehead atoms. The molecule has 0 unspecified atom stereocenters. The van der Waals surface area contributed by atoms with Gasteiger partial charge in [0.1, 0.15) is 29.7 Å². The van der Waals surface area contributed by atoms with Gasteiger partial charge in [-0.25, -0.2) is 0 Å². The Labute approximate surface area is 145 Å². The topological polar surface area (TPSA) is 49.5 Å². The molecule has 136 valence electrons. The number of rotatable bonds is 5. The molecule has 5 nitrogen and oxygen atoms in total. The van der Waals surface area contributed by atoms with E-state index in [0.29, 0.717) is 6.61 Å². The molecule has 0 aromatic rings. The average molecular weight is 355 g/mol. The molecule has 24 heavy (non-hydrogen) atoms. The third kappa shape index (κ3) is 2.96. The van der Waals surface area contributed by atoms with Crippen molar-refractivity contribution in [3.63, 3.8) is 0 Å². The van der Waals surface area contributed by atoms with Crippen LogP contribution in [0.3, 0.4) is 0 Å². The van der Waals surface area contributed by atoms with E-state index in [4.69, 9.17) is 23.4 Å². The monoisotopic (exact) mass is 354 g/mol. The van der Waals surface area contributed by atoms with Crippen LogP contribution in [0.4, 0.5) is 0 Å². The molecule has 6 heteroatoms. The summed E-state index contributed by atoms with van der Waals surface area (Å²) in [6.07, 6.45) is 8.52. The van der Waals surface area contributed by atoms with Gasteiger partial charge >= 0.3 is 0 Å². The van der Waals surface area contributed by atoms with Crippen LogP contribution in [0.5, 0.6) is 0 Å². The number of ether oxygens (including phenoxy) is 4. The van der Waals surface area contributed by atoms with Crippen LogP contribution in [0.2, 0.25) is 19.6 Å². The van der Waals surface area contributed by atoms with Crippen molar-refractivity contribution in [2.75, 3.05) is 13.7 Å². The Kier molecular flexibility index (Phi) is 4.12. The van der Waals surface area contributed by atoms with Gasteiger partial charge in [-0.1, -0.05) is 6.42 Å². The minimum absolute atomic E-state index is 0.0451. The molecule has 4 atom stereocenters. The van der Waals surface area contributed by atoms with Gasteiger partial charge in [0.2, 0.25) is 8.32 Å². The average Bonchev–Trinajstić information content (AvgIpc) is 3.11. The van der Waals surface area contributed by atoms with Crippen LogP contribution in [0.1, 0.15) is 38.5 Å². The number of fused-ring (bicyclic) bond motifs is 3. The molecule has 0 N–H and O–H groups in total. The molecule has 0 aromatic heterocycles. The van der Waals surface area contributed by atoms with Gasteiger partial charge in [-0.2, -0.15) is 0 Å². The van der Waals surface area contributed by atoms with E-state index in [2.05, 4.69) is 25.7 Å². The van der Waals surface area contributed by atoms with Gasteiger partial charge in [0.05, 0.1) is 0 Å². The summed E-state index contributed by atoms with van der Waals surface area (Å²) in [6.45, 7) is 7.29. The maximum Gasteiger partial charge on any atom is 0.241 e. The largest absolute Gasteiger partial charge is 0.545 e. The second-order valence-corrected chi connectivity index (χ2v) is 13.0. The van der Waals surface area contributed by atoms with Crippen molar-refractivity contribution in [2.24, 2.45) is 0 Å². The first-order valence-corrected chi connectivity index (χ1v) is 12.7. The zero-order chi connectivity index (χ0) is 17.0. The summed E-state index contributed by atoms with van der Waals surface area (Å²) in [5.74, 6) is 0.519. The lowest BCUT2D eigenvalue weighted by molar-refractivity contribution is -0.194. The third-order valence-electron chi connectivity index (χ3n) is 5.46. The lowest BCUT2D eigenvalue weighted by atomic mass is 9.88. The minimum Gasteiger partial charge on any atom is -0.545 e. The van der Waals surface area contributed by atoms with E-state index >= 15 is 0 Å². The Hall–Kier alpha value is -0.403. The zero-order valence-electron chi connectivity index (χ0n) is 15.3. The summed E-state index contributed by atoms with van der Waals surface area (Å²) in [7, 11) is -0.000274. The molecule has 1 spiro atoms. The fourth-order valence-corrected chi connectivity index (χ4v) is 5.25. The van der Waals surface area contributed by atoms with E-state index in [1.165, 1.54) is 19.3 Å². The summed E-state index contributed by atoms with van der Waals surface area (Å²) in [4.78, 5) is 0. The molecular formula is C18H30O5Si. The molecule has 0 radical (unpaired) electrons. The lowest BCUT2D eigenvalue weighted by Gasteiger charge is -2.32. The summed E-state index contributed by atoms with van der Waals surface area (Å²) < 4.78 is 30.8. The molecule has 0 aromatic carbocycles. The number of epoxide rings is 1. The van der Waals surface area contributed by atoms with E-state index in [1.807, 2.05) is 0 Å². The molecule has 1 saturated carbocycles. The number of hydrogen-bond donors (Lipinski definition) is 0. The second-order valence-electron chi connectivity index (χ2n) is 8.59.